The molecule has 1 heterocycles. The van der Waals surface area contributed by atoms with Gasteiger partial charge in [-0.15, -0.1) is 0 Å². The lowest BCUT2D eigenvalue weighted by atomic mass is 9.84. The van der Waals surface area contributed by atoms with Crippen molar-refractivity contribution in [2.75, 3.05) is 19.6 Å². The molecule has 1 saturated carbocycles. The van der Waals surface area contributed by atoms with Crippen LogP contribution in [0.2, 0.25) is 0 Å². The zero-order valence-corrected chi connectivity index (χ0v) is 11.7. The summed E-state index contributed by atoms with van der Waals surface area (Å²) in [7, 11) is 0. The third-order valence-corrected chi connectivity index (χ3v) is 5.05. The average Bonchev–Trinajstić information content (AvgIpc) is 2.60. The average molecular weight is 253 g/mol. The first kappa shape index (κ1) is 13.9. The molecule has 1 aliphatic carbocycles. The van der Waals surface area contributed by atoms with Crippen molar-refractivity contribution in [3.05, 3.63) is 0 Å². The Morgan fingerprint density at radius 1 is 1.28 bits per heavy atom. The number of carboxylic acids is 1. The minimum atomic E-state index is -0.589. The van der Waals surface area contributed by atoms with E-state index in [1.807, 2.05) is 6.92 Å². The fourth-order valence-electron chi connectivity index (χ4n) is 3.64. The topological polar surface area (TPSA) is 40.5 Å². The van der Waals surface area contributed by atoms with Gasteiger partial charge in [0.05, 0.1) is 5.41 Å². The molecule has 0 aromatic rings. The SMILES string of the molecule is CCC1(C(=O)O)CCN(CC2CCCCCC2)C1. The molecule has 2 fully saturated rings. The highest BCUT2D eigenvalue weighted by atomic mass is 16.4. The Hall–Kier alpha value is -0.570. The first-order chi connectivity index (χ1) is 8.66. The highest BCUT2D eigenvalue weighted by Gasteiger charge is 2.43. The summed E-state index contributed by atoms with van der Waals surface area (Å²) >= 11 is 0. The van der Waals surface area contributed by atoms with E-state index in [1.165, 1.54) is 38.5 Å². The van der Waals surface area contributed by atoms with Crippen LogP contribution < -0.4 is 0 Å². The van der Waals surface area contributed by atoms with Crippen LogP contribution in [0.5, 0.6) is 0 Å². The highest BCUT2D eigenvalue weighted by Crippen LogP contribution is 2.35. The molecule has 0 amide bonds. The standard InChI is InChI=1S/C15H27NO2/c1-2-15(14(17)18)9-10-16(12-15)11-13-7-5-3-4-6-8-13/h13H,2-12H2,1H3,(H,17,18). The Morgan fingerprint density at radius 2 is 1.94 bits per heavy atom. The summed E-state index contributed by atoms with van der Waals surface area (Å²) in [5.74, 6) is 0.224. The molecule has 2 aliphatic rings. The van der Waals surface area contributed by atoms with Crippen molar-refractivity contribution in [1.29, 1.82) is 0 Å². The molecule has 3 heteroatoms. The number of likely N-dealkylation sites (tertiary alicyclic amines) is 1. The van der Waals surface area contributed by atoms with Crippen LogP contribution in [0.3, 0.4) is 0 Å². The minimum Gasteiger partial charge on any atom is -0.481 e. The van der Waals surface area contributed by atoms with Crippen LogP contribution in [-0.4, -0.2) is 35.6 Å². The van der Waals surface area contributed by atoms with Gasteiger partial charge in [-0.3, -0.25) is 4.79 Å². The first-order valence-electron chi connectivity index (χ1n) is 7.62. The third kappa shape index (κ3) is 3.05. The van der Waals surface area contributed by atoms with E-state index in [9.17, 15) is 9.90 Å². The van der Waals surface area contributed by atoms with Gasteiger partial charge >= 0.3 is 5.97 Å². The Morgan fingerprint density at radius 3 is 2.44 bits per heavy atom. The quantitative estimate of drug-likeness (QED) is 0.782. The smallest absolute Gasteiger partial charge is 0.310 e. The van der Waals surface area contributed by atoms with Crippen LogP contribution in [0.25, 0.3) is 0 Å². The maximum atomic E-state index is 11.4. The van der Waals surface area contributed by atoms with Gasteiger partial charge in [0.2, 0.25) is 0 Å². The molecule has 18 heavy (non-hydrogen) atoms. The lowest BCUT2D eigenvalue weighted by Crippen LogP contribution is -2.35. The van der Waals surface area contributed by atoms with E-state index in [0.717, 1.165) is 38.4 Å². The number of hydrogen-bond donors (Lipinski definition) is 1. The molecular formula is C15H27NO2. The van der Waals surface area contributed by atoms with Gasteiger partial charge in [-0.05, 0) is 38.1 Å². The molecule has 0 aromatic heterocycles. The second-order valence-electron chi connectivity index (χ2n) is 6.28. The van der Waals surface area contributed by atoms with E-state index in [0.29, 0.717) is 0 Å². The van der Waals surface area contributed by atoms with Gasteiger partial charge in [0.1, 0.15) is 0 Å². The van der Waals surface area contributed by atoms with Gasteiger partial charge in [0.15, 0.2) is 0 Å². The summed E-state index contributed by atoms with van der Waals surface area (Å²) in [6, 6.07) is 0. The molecule has 0 radical (unpaired) electrons. The number of nitrogens with zero attached hydrogens (tertiary/aromatic N) is 1. The largest absolute Gasteiger partial charge is 0.481 e. The molecule has 1 saturated heterocycles. The second-order valence-corrected chi connectivity index (χ2v) is 6.28. The summed E-state index contributed by atoms with van der Waals surface area (Å²) in [5, 5.41) is 9.41. The van der Waals surface area contributed by atoms with Crippen molar-refractivity contribution >= 4 is 5.97 Å². The van der Waals surface area contributed by atoms with E-state index in [2.05, 4.69) is 4.90 Å². The first-order valence-corrected chi connectivity index (χ1v) is 7.62. The summed E-state index contributed by atoms with van der Waals surface area (Å²) in [6.07, 6.45) is 9.84. The molecule has 0 spiro atoms. The van der Waals surface area contributed by atoms with Crippen molar-refractivity contribution in [1.82, 2.24) is 4.90 Å². The normalized spacial score (nSPS) is 31.4. The Balaban J connectivity index is 1.86. The number of carboxylic acid groups (broad SMARTS) is 1. The van der Waals surface area contributed by atoms with Gasteiger partial charge in [0.25, 0.3) is 0 Å². The summed E-state index contributed by atoms with van der Waals surface area (Å²) in [5.41, 5.74) is -0.454. The third-order valence-electron chi connectivity index (χ3n) is 5.05. The summed E-state index contributed by atoms with van der Waals surface area (Å²) < 4.78 is 0. The Kier molecular flexibility index (Phi) is 4.66. The predicted octanol–water partition coefficient (Wildman–Crippen LogP) is 3.14. The Labute approximate surface area is 111 Å². The van der Waals surface area contributed by atoms with Gasteiger partial charge in [0, 0.05) is 13.1 Å². The van der Waals surface area contributed by atoms with Crippen LogP contribution in [0.4, 0.5) is 0 Å². The van der Waals surface area contributed by atoms with Crippen molar-refractivity contribution in [2.24, 2.45) is 11.3 Å². The lowest BCUT2D eigenvalue weighted by molar-refractivity contribution is -0.148. The fourth-order valence-corrected chi connectivity index (χ4v) is 3.64. The minimum absolute atomic E-state index is 0.454. The highest BCUT2D eigenvalue weighted by molar-refractivity contribution is 5.75. The zero-order chi connectivity index (χ0) is 13.0. The van der Waals surface area contributed by atoms with Gasteiger partial charge in [-0.25, -0.2) is 0 Å². The van der Waals surface area contributed by atoms with Crippen LogP contribution >= 0.6 is 0 Å². The molecule has 0 bridgehead atoms. The molecule has 3 nitrogen and oxygen atoms in total. The Bertz CT molecular complexity index is 284. The van der Waals surface area contributed by atoms with Gasteiger partial charge in [-0.2, -0.15) is 0 Å². The van der Waals surface area contributed by atoms with E-state index in [-0.39, 0.29) is 0 Å². The van der Waals surface area contributed by atoms with Crippen LogP contribution in [0, 0.1) is 11.3 Å². The zero-order valence-electron chi connectivity index (χ0n) is 11.7. The molecule has 1 aliphatic heterocycles. The molecule has 1 N–H and O–H groups in total. The number of hydrogen-bond acceptors (Lipinski definition) is 2. The monoisotopic (exact) mass is 253 g/mol. The number of rotatable bonds is 4. The van der Waals surface area contributed by atoms with Crippen molar-refractivity contribution < 1.29 is 9.90 Å². The lowest BCUT2D eigenvalue weighted by Gasteiger charge is -2.25. The molecule has 1 unspecified atom stereocenters. The molecule has 0 aromatic carbocycles. The maximum Gasteiger partial charge on any atom is 0.310 e. The van der Waals surface area contributed by atoms with Gasteiger partial charge in [-0.1, -0.05) is 32.6 Å². The summed E-state index contributed by atoms with van der Waals surface area (Å²) in [4.78, 5) is 13.8. The van der Waals surface area contributed by atoms with Crippen LogP contribution in [-0.2, 0) is 4.79 Å². The second kappa shape index (κ2) is 6.05. The summed E-state index contributed by atoms with van der Waals surface area (Å²) in [6.45, 7) is 4.91. The molecule has 104 valence electrons. The van der Waals surface area contributed by atoms with Crippen LogP contribution in [0.1, 0.15) is 58.3 Å². The molecule has 2 rings (SSSR count). The fraction of sp³-hybridized carbons (Fsp3) is 0.933. The predicted molar refractivity (Wildman–Crippen MR) is 72.6 cm³/mol. The van der Waals surface area contributed by atoms with Crippen molar-refractivity contribution in [3.8, 4) is 0 Å². The van der Waals surface area contributed by atoms with Gasteiger partial charge < -0.3 is 10.0 Å². The van der Waals surface area contributed by atoms with E-state index in [1.54, 1.807) is 0 Å². The number of aliphatic carboxylic acids is 1. The number of carbonyl (C=O) groups is 1. The van der Waals surface area contributed by atoms with E-state index < -0.39 is 11.4 Å². The van der Waals surface area contributed by atoms with Crippen molar-refractivity contribution in [2.45, 2.75) is 58.3 Å². The van der Waals surface area contributed by atoms with E-state index >= 15 is 0 Å². The molecule has 1 atom stereocenters. The van der Waals surface area contributed by atoms with E-state index in [4.69, 9.17) is 0 Å². The molecular weight excluding hydrogens is 226 g/mol. The van der Waals surface area contributed by atoms with Crippen molar-refractivity contribution in [3.63, 3.8) is 0 Å². The maximum absolute atomic E-state index is 11.4. The van der Waals surface area contributed by atoms with Crippen LogP contribution in [0.15, 0.2) is 0 Å².